The summed E-state index contributed by atoms with van der Waals surface area (Å²) in [6.07, 6.45) is -3.17. The zero-order valence-corrected chi connectivity index (χ0v) is 15.6. The van der Waals surface area contributed by atoms with Gasteiger partial charge in [-0.05, 0) is 25.0 Å². The van der Waals surface area contributed by atoms with Crippen molar-refractivity contribution in [3.8, 4) is 11.4 Å². The Kier molecular flexibility index (Phi) is 4.37. The molecule has 5 rings (SSSR count). The van der Waals surface area contributed by atoms with Crippen LogP contribution in [-0.4, -0.2) is 43.0 Å². The molecule has 1 saturated heterocycles. The molecule has 0 radical (unpaired) electrons. The van der Waals surface area contributed by atoms with Crippen molar-refractivity contribution in [2.75, 3.05) is 18.0 Å². The number of hydrogen-bond acceptors (Lipinski definition) is 7. The zero-order chi connectivity index (χ0) is 20.7. The third-order valence-corrected chi connectivity index (χ3v) is 5.14. The Labute approximate surface area is 168 Å². The summed E-state index contributed by atoms with van der Waals surface area (Å²) in [6, 6.07) is 12.7. The average molecular weight is 415 g/mol. The van der Waals surface area contributed by atoms with Crippen molar-refractivity contribution in [1.29, 1.82) is 0 Å². The van der Waals surface area contributed by atoms with Gasteiger partial charge in [-0.3, -0.25) is 0 Å². The second-order valence-corrected chi connectivity index (χ2v) is 7.07. The van der Waals surface area contributed by atoms with E-state index in [9.17, 15) is 13.2 Å². The summed E-state index contributed by atoms with van der Waals surface area (Å²) in [6.45, 7) is 1.21. The Morgan fingerprint density at radius 3 is 2.47 bits per heavy atom. The van der Waals surface area contributed by atoms with Crippen molar-refractivity contribution < 1.29 is 17.7 Å². The molecule has 0 unspecified atom stereocenters. The lowest BCUT2D eigenvalue weighted by Crippen LogP contribution is -2.34. The minimum atomic E-state index is -4.62. The van der Waals surface area contributed by atoms with Crippen molar-refractivity contribution in [3.05, 3.63) is 54.2 Å². The molecule has 0 amide bonds. The van der Waals surface area contributed by atoms with E-state index in [4.69, 9.17) is 4.52 Å². The SMILES string of the molecule is FC(F)(F)c1nnc2ccc(N3CCC(c4nc(-c5ccccc5)no4)CC3)nn12. The molecule has 0 atom stereocenters. The largest absolute Gasteiger partial charge is 0.453 e. The van der Waals surface area contributed by atoms with Gasteiger partial charge >= 0.3 is 6.18 Å². The summed E-state index contributed by atoms with van der Waals surface area (Å²) in [5, 5.41) is 14.9. The van der Waals surface area contributed by atoms with E-state index in [2.05, 4.69) is 25.4 Å². The normalized spacial score (nSPS) is 15.8. The highest BCUT2D eigenvalue weighted by Crippen LogP contribution is 2.31. The first-order chi connectivity index (χ1) is 14.5. The van der Waals surface area contributed by atoms with Gasteiger partial charge in [0.05, 0.1) is 0 Å². The van der Waals surface area contributed by atoms with Crippen molar-refractivity contribution in [1.82, 2.24) is 30.0 Å². The van der Waals surface area contributed by atoms with Gasteiger partial charge in [-0.15, -0.1) is 15.3 Å². The van der Waals surface area contributed by atoms with E-state index >= 15 is 0 Å². The molecule has 1 aliphatic heterocycles. The van der Waals surface area contributed by atoms with E-state index in [1.165, 1.54) is 6.07 Å². The van der Waals surface area contributed by atoms with Crippen molar-refractivity contribution in [2.45, 2.75) is 24.9 Å². The molecule has 0 N–H and O–H groups in total. The predicted molar refractivity (Wildman–Crippen MR) is 99.7 cm³/mol. The Bertz CT molecular complexity index is 1160. The quantitative estimate of drug-likeness (QED) is 0.506. The smallest absolute Gasteiger partial charge is 0.355 e. The average Bonchev–Trinajstić information content (AvgIpc) is 3.41. The van der Waals surface area contributed by atoms with Crippen molar-refractivity contribution in [3.63, 3.8) is 0 Å². The molecule has 3 aromatic heterocycles. The van der Waals surface area contributed by atoms with Gasteiger partial charge in [-0.25, -0.2) is 0 Å². The van der Waals surface area contributed by atoms with Gasteiger partial charge in [0, 0.05) is 24.6 Å². The Hall–Kier alpha value is -3.50. The summed E-state index contributed by atoms with van der Waals surface area (Å²) in [5.74, 6) is 0.536. The minimum Gasteiger partial charge on any atom is -0.355 e. The number of anilines is 1. The molecular weight excluding hydrogens is 399 g/mol. The first-order valence-corrected chi connectivity index (χ1v) is 9.43. The van der Waals surface area contributed by atoms with Crippen LogP contribution in [0.3, 0.4) is 0 Å². The molecule has 1 aromatic carbocycles. The number of rotatable bonds is 3. The van der Waals surface area contributed by atoms with E-state index in [1.54, 1.807) is 6.07 Å². The van der Waals surface area contributed by atoms with Gasteiger partial charge in [0.1, 0.15) is 5.82 Å². The predicted octanol–water partition coefficient (Wildman–Crippen LogP) is 3.58. The summed E-state index contributed by atoms with van der Waals surface area (Å²) in [7, 11) is 0. The summed E-state index contributed by atoms with van der Waals surface area (Å²) in [4.78, 5) is 6.45. The molecule has 0 bridgehead atoms. The first kappa shape index (κ1) is 18.5. The van der Waals surface area contributed by atoms with Crippen LogP contribution in [-0.2, 0) is 6.18 Å². The van der Waals surface area contributed by atoms with Crippen LogP contribution >= 0.6 is 0 Å². The van der Waals surface area contributed by atoms with E-state index in [0.29, 0.717) is 30.6 Å². The zero-order valence-electron chi connectivity index (χ0n) is 15.6. The van der Waals surface area contributed by atoms with Crippen LogP contribution in [0.2, 0.25) is 0 Å². The summed E-state index contributed by atoms with van der Waals surface area (Å²) in [5.41, 5.74) is 0.942. The van der Waals surface area contributed by atoms with Crippen LogP contribution in [0.1, 0.15) is 30.5 Å². The fourth-order valence-corrected chi connectivity index (χ4v) is 3.59. The number of nitrogens with zero attached hydrogens (tertiary/aromatic N) is 7. The van der Waals surface area contributed by atoms with E-state index in [-0.39, 0.29) is 11.6 Å². The van der Waals surface area contributed by atoms with E-state index in [1.807, 2.05) is 35.2 Å². The Morgan fingerprint density at radius 2 is 1.73 bits per heavy atom. The van der Waals surface area contributed by atoms with Crippen molar-refractivity contribution in [2.24, 2.45) is 0 Å². The highest BCUT2D eigenvalue weighted by Gasteiger charge is 2.38. The molecule has 1 fully saturated rings. The van der Waals surface area contributed by atoms with Crippen LogP contribution in [0.5, 0.6) is 0 Å². The van der Waals surface area contributed by atoms with Gasteiger partial charge in [-0.1, -0.05) is 35.5 Å². The Balaban J connectivity index is 1.31. The van der Waals surface area contributed by atoms with Crippen molar-refractivity contribution >= 4 is 11.5 Å². The lowest BCUT2D eigenvalue weighted by molar-refractivity contribution is -0.146. The van der Waals surface area contributed by atoms with Crippen LogP contribution in [0, 0.1) is 0 Å². The monoisotopic (exact) mass is 415 g/mol. The second-order valence-electron chi connectivity index (χ2n) is 7.07. The molecule has 4 heterocycles. The lowest BCUT2D eigenvalue weighted by Gasteiger charge is -2.31. The van der Waals surface area contributed by atoms with Gasteiger partial charge in [0.2, 0.25) is 11.7 Å². The molecule has 0 saturated carbocycles. The van der Waals surface area contributed by atoms with E-state index < -0.39 is 12.0 Å². The maximum atomic E-state index is 13.1. The molecule has 4 aromatic rings. The number of benzene rings is 1. The molecular formula is C19H16F3N7O. The third-order valence-electron chi connectivity index (χ3n) is 5.14. The van der Waals surface area contributed by atoms with E-state index in [0.717, 1.165) is 22.9 Å². The van der Waals surface area contributed by atoms with Gasteiger partial charge < -0.3 is 9.42 Å². The third kappa shape index (κ3) is 3.36. The maximum absolute atomic E-state index is 13.1. The molecule has 0 spiro atoms. The van der Waals surface area contributed by atoms with Gasteiger partial charge in [0.25, 0.3) is 5.82 Å². The fraction of sp³-hybridized carbons (Fsp3) is 0.316. The van der Waals surface area contributed by atoms with Crippen LogP contribution < -0.4 is 4.90 Å². The number of fused-ring (bicyclic) bond motifs is 1. The first-order valence-electron chi connectivity index (χ1n) is 9.43. The minimum absolute atomic E-state index is 0.0558. The molecule has 1 aliphatic rings. The van der Waals surface area contributed by atoms with Crippen LogP contribution in [0.4, 0.5) is 19.0 Å². The number of piperidine rings is 1. The summed E-state index contributed by atoms with van der Waals surface area (Å²) < 4.78 is 45.5. The number of alkyl halides is 3. The highest BCUT2D eigenvalue weighted by atomic mass is 19.4. The molecule has 154 valence electrons. The van der Waals surface area contributed by atoms with Gasteiger partial charge in [-0.2, -0.15) is 22.7 Å². The molecule has 11 heteroatoms. The standard InChI is InChI=1S/C19H16F3N7O/c20-19(21,22)18-25-24-14-6-7-15(26-29(14)18)28-10-8-13(9-11-28)17-23-16(27-30-17)12-4-2-1-3-5-12/h1-7,13H,8-11H2. The molecule has 8 nitrogen and oxygen atoms in total. The lowest BCUT2D eigenvalue weighted by atomic mass is 9.97. The van der Waals surface area contributed by atoms with Crippen LogP contribution in [0.15, 0.2) is 47.0 Å². The number of aromatic nitrogens is 6. The summed E-state index contributed by atoms with van der Waals surface area (Å²) >= 11 is 0. The Morgan fingerprint density at radius 1 is 0.967 bits per heavy atom. The van der Waals surface area contributed by atoms with Gasteiger partial charge in [0.15, 0.2) is 5.65 Å². The molecule has 30 heavy (non-hydrogen) atoms. The number of hydrogen-bond donors (Lipinski definition) is 0. The second kappa shape index (κ2) is 7.08. The number of halogens is 3. The van der Waals surface area contributed by atoms with Crippen LogP contribution in [0.25, 0.3) is 17.0 Å². The topological polar surface area (TPSA) is 85.2 Å². The highest BCUT2D eigenvalue weighted by molar-refractivity contribution is 5.53. The fourth-order valence-electron chi connectivity index (χ4n) is 3.59. The molecule has 0 aliphatic carbocycles. The maximum Gasteiger partial charge on any atom is 0.453 e.